The zero-order valence-electron chi connectivity index (χ0n) is 16.5. The third-order valence-electron chi connectivity index (χ3n) is 4.34. The van der Waals surface area contributed by atoms with Crippen molar-refractivity contribution in [2.45, 2.75) is 13.8 Å². The Labute approximate surface area is 169 Å². The molecule has 1 heterocycles. The fourth-order valence-corrected chi connectivity index (χ4v) is 2.82. The minimum Gasteiger partial charge on any atom is -0.465 e. The lowest BCUT2D eigenvalue weighted by Gasteiger charge is -2.21. The number of benzene rings is 2. The van der Waals surface area contributed by atoms with Gasteiger partial charge >= 0.3 is 5.97 Å². The number of hydrogen-bond donors (Lipinski definition) is 1. The molecule has 29 heavy (non-hydrogen) atoms. The molecule has 0 unspecified atom stereocenters. The molecule has 148 valence electrons. The van der Waals surface area contributed by atoms with Gasteiger partial charge in [-0.25, -0.2) is 14.8 Å². The van der Waals surface area contributed by atoms with Crippen LogP contribution in [0.25, 0.3) is 0 Å². The van der Waals surface area contributed by atoms with Gasteiger partial charge in [0.2, 0.25) is 5.95 Å². The van der Waals surface area contributed by atoms with Crippen molar-refractivity contribution >= 4 is 29.2 Å². The number of methoxy groups -OCH3 is 1. The molecule has 3 rings (SSSR count). The minimum atomic E-state index is -0.430. The number of carbonyl (C=O) groups excluding carboxylic acids is 2. The maximum absolute atomic E-state index is 12.5. The van der Waals surface area contributed by atoms with E-state index in [0.29, 0.717) is 29.3 Å². The van der Waals surface area contributed by atoms with Crippen LogP contribution in [0.4, 0.5) is 17.3 Å². The summed E-state index contributed by atoms with van der Waals surface area (Å²) in [6.07, 6.45) is 3.00. The summed E-state index contributed by atoms with van der Waals surface area (Å²) in [5.74, 6) is -0.237. The average molecular weight is 390 g/mol. The van der Waals surface area contributed by atoms with Crippen LogP contribution in [0.2, 0.25) is 0 Å². The number of nitrogens with one attached hydrogen (secondary N) is 1. The molecule has 3 aromatic rings. The highest BCUT2D eigenvalue weighted by molar-refractivity contribution is 6.04. The van der Waals surface area contributed by atoms with Crippen molar-refractivity contribution in [3.8, 4) is 0 Å². The molecule has 0 bridgehead atoms. The number of hydrogen-bond acceptors (Lipinski definition) is 6. The van der Waals surface area contributed by atoms with Crippen molar-refractivity contribution in [3.05, 3.63) is 77.6 Å². The Balaban J connectivity index is 1.72. The Morgan fingerprint density at radius 3 is 2.31 bits per heavy atom. The van der Waals surface area contributed by atoms with E-state index in [-0.39, 0.29) is 5.91 Å². The van der Waals surface area contributed by atoms with Crippen LogP contribution in [-0.2, 0) is 4.74 Å². The summed E-state index contributed by atoms with van der Waals surface area (Å²) in [5, 5.41) is 2.76. The Morgan fingerprint density at radius 2 is 1.72 bits per heavy atom. The molecular formula is C22H22N4O3. The SMILES string of the molecule is CCN(c1cccc(C)c1)c1ncc(C(=O)Nc2ccc(C(=O)OC)cc2)cn1. The highest BCUT2D eigenvalue weighted by Crippen LogP contribution is 2.22. The lowest BCUT2D eigenvalue weighted by atomic mass is 10.2. The van der Waals surface area contributed by atoms with Crippen LogP contribution in [0, 0.1) is 6.92 Å². The molecule has 0 atom stereocenters. The van der Waals surface area contributed by atoms with E-state index in [2.05, 4.69) is 26.1 Å². The van der Waals surface area contributed by atoms with Gasteiger partial charge in [-0.1, -0.05) is 12.1 Å². The number of aromatic nitrogens is 2. The van der Waals surface area contributed by atoms with Crippen molar-refractivity contribution in [2.24, 2.45) is 0 Å². The number of esters is 1. The quantitative estimate of drug-likeness (QED) is 0.641. The van der Waals surface area contributed by atoms with E-state index in [0.717, 1.165) is 11.3 Å². The largest absolute Gasteiger partial charge is 0.465 e. The summed E-state index contributed by atoms with van der Waals surface area (Å²) in [6, 6.07) is 14.5. The second-order valence-corrected chi connectivity index (χ2v) is 6.38. The van der Waals surface area contributed by atoms with Gasteiger partial charge in [-0.15, -0.1) is 0 Å². The normalized spacial score (nSPS) is 10.3. The van der Waals surface area contributed by atoms with Gasteiger partial charge in [0.05, 0.1) is 18.2 Å². The van der Waals surface area contributed by atoms with Gasteiger partial charge in [0.25, 0.3) is 5.91 Å². The Hall–Kier alpha value is -3.74. The number of anilines is 3. The van der Waals surface area contributed by atoms with Crippen LogP contribution in [-0.4, -0.2) is 35.5 Å². The molecule has 0 aliphatic rings. The lowest BCUT2D eigenvalue weighted by Crippen LogP contribution is -2.20. The van der Waals surface area contributed by atoms with Crippen LogP contribution >= 0.6 is 0 Å². The molecule has 0 spiro atoms. The summed E-state index contributed by atoms with van der Waals surface area (Å²) in [5.41, 5.74) is 3.45. The average Bonchev–Trinajstić information content (AvgIpc) is 2.75. The number of rotatable bonds is 6. The van der Waals surface area contributed by atoms with Gasteiger partial charge in [0, 0.05) is 30.3 Å². The van der Waals surface area contributed by atoms with Gasteiger partial charge in [-0.05, 0) is 55.8 Å². The van der Waals surface area contributed by atoms with Crippen molar-refractivity contribution < 1.29 is 14.3 Å². The van der Waals surface area contributed by atoms with Crippen LogP contribution in [0.15, 0.2) is 60.9 Å². The topological polar surface area (TPSA) is 84.4 Å². The number of aryl methyl sites for hydroxylation is 1. The molecule has 1 aromatic heterocycles. The molecule has 0 aliphatic carbocycles. The predicted molar refractivity (Wildman–Crippen MR) is 112 cm³/mol. The molecular weight excluding hydrogens is 368 g/mol. The third-order valence-corrected chi connectivity index (χ3v) is 4.34. The van der Waals surface area contributed by atoms with E-state index in [4.69, 9.17) is 0 Å². The van der Waals surface area contributed by atoms with Gasteiger partial charge in [0.1, 0.15) is 0 Å². The van der Waals surface area contributed by atoms with Crippen LogP contribution in [0.3, 0.4) is 0 Å². The summed E-state index contributed by atoms with van der Waals surface area (Å²) in [4.78, 5) is 34.6. The van der Waals surface area contributed by atoms with Crippen LogP contribution in [0.1, 0.15) is 33.2 Å². The highest BCUT2D eigenvalue weighted by atomic mass is 16.5. The standard InChI is InChI=1S/C22H22N4O3/c1-4-26(19-7-5-6-15(2)12-19)22-23-13-17(14-24-22)20(27)25-18-10-8-16(9-11-18)21(28)29-3/h5-14H,4H2,1-3H3,(H,25,27). The number of amides is 1. The van der Waals surface area contributed by atoms with Crippen molar-refractivity contribution in [1.29, 1.82) is 0 Å². The first kappa shape index (κ1) is 20.0. The van der Waals surface area contributed by atoms with Crippen molar-refractivity contribution in [2.75, 3.05) is 23.9 Å². The van der Waals surface area contributed by atoms with Crippen molar-refractivity contribution in [3.63, 3.8) is 0 Å². The highest BCUT2D eigenvalue weighted by Gasteiger charge is 2.13. The molecule has 7 heteroatoms. The Bertz CT molecular complexity index is 1000. The summed E-state index contributed by atoms with van der Waals surface area (Å²) in [6.45, 7) is 4.75. The molecule has 0 saturated heterocycles. The summed E-state index contributed by atoms with van der Waals surface area (Å²) >= 11 is 0. The Kier molecular flexibility index (Phi) is 6.19. The van der Waals surface area contributed by atoms with E-state index < -0.39 is 5.97 Å². The van der Waals surface area contributed by atoms with E-state index in [1.807, 2.05) is 36.9 Å². The number of nitrogens with zero attached hydrogens (tertiary/aromatic N) is 3. The number of ether oxygens (including phenoxy) is 1. The molecule has 0 saturated carbocycles. The fourth-order valence-electron chi connectivity index (χ4n) is 2.82. The summed E-state index contributed by atoms with van der Waals surface area (Å²) in [7, 11) is 1.32. The summed E-state index contributed by atoms with van der Waals surface area (Å²) < 4.78 is 4.66. The molecule has 7 nitrogen and oxygen atoms in total. The predicted octanol–water partition coefficient (Wildman–Crippen LogP) is 3.98. The zero-order valence-corrected chi connectivity index (χ0v) is 16.5. The maximum atomic E-state index is 12.5. The van der Waals surface area contributed by atoms with E-state index in [1.54, 1.807) is 24.3 Å². The molecule has 2 aromatic carbocycles. The fraction of sp³-hybridized carbons (Fsp3) is 0.182. The van der Waals surface area contributed by atoms with Gasteiger partial charge in [-0.3, -0.25) is 4.79 Å². The van der Waals surface area contributed by atoms with Crippen LogP contribution < -0.4 is 10.2 Å². The van der Waals surface area contributed by atoms with Gasteiger partial charge in [-0.2, -0.15) is 0 Å². The smallest absolute Gasteiger partial charge is 0.337 e. The van der Waals surface area contributed by atoms with Crippen molar-refractivity contribution in [1.82, 2.24) is 9.97 Å². The monoisotopic (exact) mass is 390 g/mol. The van der Waals surface area contributed by atoms with E-state index >= 15 is 0 Å². The van der Waals surface area contributed by atoms with E-state index in [1.165, 1.54) is 19.5 Å². The maximum Gasteiger partial charge on any atom is 0.337 e. The molecule has 1 N–H and O–H groups in total. The first-order valence-electron chi connectivity index (χ1n) is 9.17. The molecule has 0 radical (unpaired) electrons. The molecule has 1 amide bonds. The second kappa shape index (κ2) is 8.97. The van der Waals surface area contributed by atoms with Gasteiger partial charge < -0.3 is 15.0 Å². The Morgan fingerprint density at radius 1 is 1.03 bits per heavy atom. The second-order valence-electron chi connectivity index (χ2n) is 6.38. The minimum absolute atomic E-state index is 0.332. The third kappa shape index (κ3) is 4.76. The first-order chi connectivity index (χ1) is 14.0. The number of carbonyl (C=O) groups is 2. The first-order valence-corrected chi connectivity index (χ1v) is 9.17. The molecule has 0 fully saturated rings. The molecule has 0 aliphatic heterocycles. The van der Waals surface area contributed by atoms with Gasteiger partial charge in [0.15, 0.2) is 0 Å². The van der Waals surface area contributed by atoms with Crippen LogP contribution in [0.5, 0.6) is 0 Å². The zero-order chi connectivity index (χ0) is 20.8. The van der Waals surface area contributed by atoms with E-state index in [9.17, 15) is 9.59 Å². The lowest BCUT2D eigenvalue weighted by molar-refractivity contribution is 0.0600.